The monoisotopic (exact) mass is 399 g/mol. The number of ether oxygens (including phenoxy) is 2. The van der Waals surface area contributed by atoms with Crippen LogP contribution in [0.2, 0.25) is 5.15 Å². The molecule has 0 aliphatic rings. The molecule has 0 saturated carbocycles. The highest BCUT2D eigenvalue weighted by Gasteiger charge is 2.32. The van der Waals surface area contributed by atoms with E-state index in [2.05, 4.69) is 9.97 Å². The van der Waals surface area contributed by atoms with Crippen molar-refractivity contribution in [2.24, 2.45) is 0 Å². The molecule has 0 unspecified atom stereocenters. The largest absolute Gasteiger partial charge is 0.481 e. The van der Waals surface area contributed by atoms with Crippen molar-refractivity contribution in [3.05, 3.63) is 41.0 Å². The summed E-state index contributed by atoms with van der Waals surface area (Å²) in [5, 5.41) is -0.132. The molecule has 26 heavy (non-hydrogen) atoms. The van der Waals surface area contributed by atoms with Crippen molar-refractivity contribution < 1.29 is 27.5 Å². The van der Waals surface area contributed by atoms with E-state index in [4.69, 9.17) is 21.1 Å². The Labute approximate surface area is 154 Å². The lowest BCUT2D eigenvalue weighted by Crippen LogP contribution is -2.32. The van der Waals surface area contributed by atoms with Crippen molar-refractivity contribution in [3.8, 4) is 5.88 Å². The van der Waals surface area contributed by atoms with Crippen molar-refractivity contribution in [2.75, 3.05) is 18.0 Å². The minimum atomic E-state index is -4.51. The molecule has 0 spiro atoms. The van der Waals surface area contributed by atoms with Crippen molar-refractivity contribution >= 4 is 40.0 Å². The van der Waals surface area contributed by atoms with Gasteiger partial charge < -0.3 is 9.47 Å². The van der Waals surface area contributed by atoms with Gasteiger partial charge in [0.05, 0.1) is 19.3 Å². The molecule has 1 aromatic carbocycles. The first kappa shape index (κ1) is 19.6. The summed E-state index contributed by atoms with van der Waals surface area (Å²) in [4.78, 5) is 30.7. The minimum absolute atomic E-state index is 0.00235. The zero-order chi connectivity index (χ0) is 19.3. The van der Waals surface area contributed by atoms with Gasteiger partial charge >= 0.3 is 5.97 Å². The van der Waals surface area contributed by atoms with Crippen LogP contribution in [0, 0.1) is 0 Å². The number of carbonyl (C=O) groups is 2. The highest BCUT2D eigenvalue weighted by atomic mass is 35.5. The molecule has 0 fully saturated rings. The summed E-state index contributed by atoms with van der Waals surface area (Å²) in [5.74, 6) is -1.41. The van der Waals surface area contributed by atoms with E-state index in [1.807, 2.05) is 0 Å². The summed E-state index contributed by atoms with van der Waals surface area (Å²) in [6.07, 6.45) is 0.00235. The Balaban J connectivity index is 2.60. The molecule has 0 aliphatic carbocycles. The summed E-state index contributed by atoms with van der Waals surface area (Å²) in [7, 11) is -3.22. The number of rotatable bonds is 7. The third kappa shape index (κ3) is 3.92. The van der Waals surface area contributed by atoms with Gasteiger partial charge in [0.1, 0.15) is 10.0 Å². The number of hydrogen-bond acceptors (Lipinski definition) is 8. The predicted molar refractivity (Wildman–Crippen MR) is 91.7 cm³/mol. The molecule has 0 saturated heterocycles. The number of anilines is 1. The number of halogens is 1. The molecular weight excluding hydrogens is 386 g/mol. The van der Waals surface area contributed by atoms with Crippen LogP contribution in [0.3, 0.4) is 0 Å². The zero-order valence-corrected chi connectivity index (χ0v) is 15.3. The van der Waals surface area contributed by atoms with Gasteiger partial charge in [0.25, 0.3) is 16.0 Å². The van der Waals surface area contributed by atoms with Crippen LogP contribution in [0.5, 0.6) is 5.88 Å². The number of carbonyl (C=O) groups excluding carboxylic acids is 2. The van der Waals surface area contributed by atoms with E-state index in [1.165, 1.54) is 37.4 Å². The van der Waals surface area contributed by atoms with E-state index < -0.39 is 26.8 Å². The number of sulfonamides is 1. The molecule has 0 N–H and O–H groups in total. The van der Waals surface area contributed by atoms with Crippen LogP contribution < -0.4 is 9.04 Å². The van der Waals surface area contributed by atoms with E-state index >= 15 is 0 Å². The molecule has 9 nitrogen and oxygen atoms in total. The van der Waals surface area contributed by atoms with Crippen LogP contribution in [-0.4, -0.2) is 44.5 Å². The lowest BCUT2D eigenvalue weighted by molar-refractivity contribution is -0.106. The van der Waals surface area contributed by atoms with Gasteiger partial charge in [-0.1, -0.05) is 23.7 Å². The van der Waals surface area contributed by atoms with Crippen molar-refractivity contribution in [2.45, 2.75) is 11.8 Å². The number of hydrogen-bond donors (Lipinski definition) is 0. The van der Waals surface area contributed by atoms with Gasteiger partial charge in [-0.2, -0.15) is 14.3 Å². The zero-order valence-electron chi connectivity index (χ0n) is 13.7. The minimum Gasteiger partial charge on any atom is -0.481 e. The van der Waals surface area contributed by atoms with Crippen molar-refractivity contribution in [1.82, 2.24) is 9.97 Å². The average molecular weight is 400 g/mol. The Hall–Kier alpha value is -2.72. The fourth-order valence-electron chi connectivity index (χ4n) is 1.97. The first-order chi connectivity index (χ1) is 12.3. The molecule has 2 rings (SSSR count). The van der Waals surface area contributed by atoms with Crippen LogP contribution in [0.25, 0.3) is 0 Å². The van der Waals surface area contributed by atoms with Crippen LogP contribution in [0.15, 0.2) is 35.2 Å². The molecule has 0 radical (unpaired) electrons. The summed E-state index contributed by atoms with van der Waals surface area (Å²) in [6.45, 7) is 1.64. The number of amides is 1. The fraction of sp³-hybridized carbons (Fsp3) is 0.200. The maximum absolute atomic E-state index is 12.9. The second-order valence-corrected chi connectivity index (χ2v) is 6.83. The summed E-state index contributed by atoms with van der Waals surface area (Å²) in [6, 6.07) is 6.55. The quantitative estimate of drug-likeness (QED) is 0.392. The van der Waals surface area contributed by atoms with Crippen LogP contribution in [0.4, 0.5) is 5.95 Å². The number of benzene rings is 1. The lowest BCUT2D eigenvalue weighted by atomic mass is 10.2. The topological polar surface area (TPSA) is 116 Å². The molecule has 0 aliphatic heterocycles. The highest BCUT2D eigenvalue weighted by Crippen LogP contribution is 2.25. The first-order valence-corrected chi connectivity index (χ1v) is 9.01. The van der Waals surface area contributed by atoms with Crippen LogP contribution in [0.1, 0.15) is 17.3 Å². The third-order valence-corrected chi connectivity index (χ3v) is 4.95. The van der Waals surface area contributed by atoms with E-state index in [0.717, 1.165) is 0 Å². The maximum atomic E-state index is 12.9. The Morgan fingerprint density at radius 1 is 1.31 bits per heavy atom. The van der Waals surface area contributed by atoms with Crippen molar-refractivity contribution in [3.63, 3.8) is 0 Å². The predicted octanol–water partition coefficient (Wildman–Crippen LogP) is 1.67. The lowest BCUT2D eigenvalue weighted by Gasteiger charge is -2.18. The van der Waals surface area contributed by atoms with Crippen molar-refractivity contribution in [1.29, 1.82) is 0 Å². The second-order valence-electron chi connectivity index (χ2n) is 4.66. The maximum Gasteiger partial charge on any atom is 0.339 e. The number of methoxy groups -OCH3 is 1. The number of aromatic nitrogens is 2. The Morgan fingerprint density at radius 3 is 2.62 bits per heavy atom. The third-order valence-electron chi connectivity index (χ3n) is 3.08. The fourth-order valence-corrected chi connectivity index (χ4v) is 3.45. The van der Waals surface area contributed by atoms with E-state index in [9.17, 15) is 18.0 Å². The Morgan fingerprint density at radius 2 is 2.00 bits per heavy atom. The van der Waals surface area contributed by atoms with E-state index in [1.54, 1.807) is 6.92 Å². The van der Waals surface area contributed by atoms with Gasteiger partial charge in [-0.3, -0.25) is 4.79 Å². The number of esters is 1. The summed E-state index contributed by atoms with van der Waals surface area (Å²) >= 11 is 5.81. The van der Waals surface area contributed by atoms with Gasteiger partial charge in [0, 0.05) is 6.07 Å². The normalized spacial score (nSPS) is 10.9. The van der Waals surface area contributed by atoms with Gasteiger partial charge in [-0.25, -0.2) is 13.2 Å². The molecule has 138 valence electrons. The van der Waals surface area contributed by atoms with Gasteiger partial charge in [-0.15, -0.1) is 0 Å². The standard InChI is InChI=1S/C15H14ClN3O6S/c1-3-25-14(21)10-6-4-5-7-11(10)26(22,23)19(9-20)15-17-12(16)8-13(18-15)24-2/h4-9H,3H2,1-2H3. The molecule has 0 bridgehead atoms. The molecule has 2 aromatic rings. The summed E-state index contributed by atoms with van der Waals surface area (Å²) < 4.78 is 35.9. The molecule has 0 atom stereocenters. The first-order valence-electron chi connectivity index (χ1n) is 7.19. The van der Waals surface area contributed by atoms with Gasteiger partial charge in [0.15, 0.2) is 0 Å². The van der Waals surface area contributed by atoms with E-state index in [0.29, 0.717) is 0 Å². The second kappa shape index (κ2) is 8.11. The Kier molecular flexibility index (Phi) is 6.11. The number of nitrogens with zero attached hydrogens (tertiary/aromatic N) is 3. The highest BCUT2D eigenvalue weighted by molar-refractivity contribution is 7.93. The Bertz CT molecular complexity index is 935. The molecule has 1 aromatic heterocycles. The SMILES string of the molecule is CCOC(=O)c1ccccc1S(=O)(=O)N(C=O)c1nc(Cl)cc(OC)n1. The molecule has 11 heteroatoms. The van der Waals surface area contributed by atoms with Crippen LogP contribution >= 0.6 is 11.6 Å². The smallest absolute Gasteiger partial charge is 0.339 e. The van der Waals surface area contributed by atoms with Gasteiger partial charge in [-0.05, 0) is 19.1 Å². The molecular formula is C15H14ClN3O6S. The summed E-state index contributed by atoms with van der Waals surface area (Å²) in [5.41, 5.74) is -0.227. The average Bonchev–Trinajstić information content (AvgIpc) is 2.61. The van der Waals surface area contributed by atoms with E-state index in [-0.39, 0.29) is 33.9 Å². The molecule has 1 amide bonds. The molecule has 1 heterocycles. The van der Waals surface area contributed by atoms with Crippen LogP contribution in [-0.2, 0) is 19.6 Å². The van der Waals surface area contributed by atoms with Gasteiger partial charge in [0.2, 0.25) is 12.3 Å².